The number of ether oxygens (including phenoxy) is 1. The number of anilines is 1. The predicted octanol–water partition coefficient (Wildman–Crippen LogP) is 2.28. The Morgan fingerprint density at radius 3 is 2.83 bits per heavy atom. The van der Waals surface area contributed by atoms with Crippen molar-refractivity contribution < 1.29 is 9.53 Å². The number of methoxy groups -OCH3 is 1. The number of carbonyl (C=O) groups is 1. The third-order valence-corrected chi connectivity index (χ3v) is 3.30. The van der Waals surface area contributed by atoms with Gasteiger partial charge in [0.15, 0.2) is 0 Å². The van der Waals surface area contributed by atoms with Crippen molar-refractivity contribution in [3.05, 3.63) is 47.8 Å². The Morgan fingerprint density at radius 1 is 1.43 bits per heavy atom. The molecule has 0 spiro atoms. The largest absolute Gasteiger partial charge is 0.383 e. The van der Waals surface area contributed by atoms with E-state index in [1.807, 2.05) is 19.1 Å². The Bertz CT molecular complexity index is 687. The second-order valence-electron chi connectivity index (χ2n) is 5.04. The Kier molecular flexibility index (Phi) is 5.72. The molecule has 1 atom stereocenters. The number of urea groups is 1. The van der Waals surface area contributed by atoms with E-state index in [1.165, 1.54) is 0 Å². The monoisotopic (exact) mass is 313 g/mol. The van der Waals surface area contributed by atoms with Gasteiger partial charge in [-0.05, 0) is 24.6 Å². The Balaban J connectivity index is 1.88. The first kappa shape index (κ1) is 16.5. The lowest BCUT2D eigenvalue weighted by atomic mass is 10.1. The molecule has 0 bridgehead atoms. The number of amides is 2. The molecule has 2 aromatic rings. The van der Waals surface area contributed by atoms with Crippen LogP contribution in [0.25, 0.3) is 0 Å². The number of nitrogens with zero attached hydrogens (tertiary/aromatic N) is 3. The van der Waals surface area contributed by atoms with Crippen LogP contribution in [0.1, 0.15) is 24.1 Å². The van der Waals surface area contributed by atoms with E-state index in [0.717, 1.165) is 5.56 Å². The predicted molar refractivity (Wildman–Crippen MR) is 85.8 cm³/mol. The van der Waals surface area contributed by atoms with E-state index in [4.69, 9.17) is 10.00 Å². The molecule has 0 aliphatic heterocycles. The first-order valence-electron chi connectivity index (χ1n) is 7.21. The molecule has 1 aromatic heterocycles. The molecule has 0 radical (unpaired) electrons. The highest BCUT2D eigenvalue weighted by atomic mass is 16.5. The third-order valence-electron chi connectivity index (χ3n) is 3.30. The van der Waals surface area contributed by atoms with Crippen LogP contribution in [0.2, 0.25) is 0 Å². The van der Waals surface area contributed by atoms with Crippen LogP contribution < -0.4 is 10.6 Å². The van der Waals surface area contributed by atoms with Crippen molar-refractivity contribution in [1.29, 1.82) is 5.26 Å². The maximum absolute atomic E-state index is 12.0. The molecule has 1 unspecified atom stereocenters. The number of carbonyl (C=O) groups excluding carboxylic acids is 1. The normalized spacial score (nSPS) is 11.5. The summed E-state index contributed by atoms with van der Waals surface area (Å²) in [6.45, 7) is 3.06. The van der Waals surface area contributed by atoms with E-state index in [2.05, 4.69) is 21.8 Å². The number of rotatable bonds is 6. The summed E-state index contributed by atoms with van der Waals surface area (Å²) in [5.41, 5.74) is 2.13. The average Bonchev–Trinajstić information content (AvgIpc) is 3.00. The summed E-state index contributed by atoms with van der Waals surface area (Å²) < 4.78 is 6.67. The van der Waals surface area contributed by atoms with Crippen molar-refractivity contribution in [3.8, 4) is 6.07 Å². The highest BCUT2D eigenvalue weighted by molar-refractivity contribution is 5.89. The van der Waals surface area contributed by atoms with Crippen molar-refractivity contribution in [2.24, 2.45) is 0 Å². The Morgan fingerprint density at radius 2 is 2.17 bits per heavy atom. The van der Waals surface area contributed by atoms with E-state index in [0.29, 0.717) is 24.4 Å². The minimum Gasteiger partial charge on any atom is -0.383 e. The molecule has 0 saturated heterocycles. The maximum Gasteiger partial charge on any atom is 0.319 e. The standard InChI is InChI=1S/C16H19N5O2/c1-12(14-5-3-13(9-17)4-6-14)19-16(22)20-15-10-18-21(11-15)7-8-23-2/h3-6,10-12H,7-8H2,1-2H3,(H2,19,20,22). The molecule has 1 aromatic carbocycles. The van der Waals surface area contributed by atoms with Crippen LogP contribution in [0.5, 0.6) is 0 Å². The van der Waals surface area contributed by atoms with Gasteiger partial charge in [0.2, 0.25) is 0 Å². The summed E-state index contributed by atoms with van der Waals surface area (Å²) in [5, 5.41) is 18.5. The second kappa shape index (κ2) is 7.96. The van der Waals surface area contributed by atoms with Crippen LogP contribution in [0.15, 0.2) is 36.7 Å². The highest BCUT2D eigenvalue weighted by Gasteiger charge is 2.10. The molecular weight excluding hydrogens is 294 g/mol. The quantitative estimate of drug-likeness (QED) is 0.856. The van der Waals surface area contributed by atoms with Crippen LogP contribution >= 0.6 is 0 Å². The molecule has 7 heteroatoms. The molecule has 0 fully saturated rings. The lowest BCUT2D eigenvalue weighted by molar-refractivity contribution is 0.183. The second-order valence-corrected chi connectivity index (χ2v) is 5.04. The highest BCUT2D eigenvalue weighted by Crippen LogP contribution is 2.13. The minimum absolute atomic E-state index is 0.175. The van der Waals surface area contributed by atoms with Crippen LogP contribution in [-0.2, 0) is 11.3 Å². The van der Waals surface area contributed by atoms with Crippen molar-refractivity contribution in [2.45, 2.75) is 19.5 Å². The van der Waals surface area contributed by atoms with E-state index < -0.39 is 0 Å². The third kappa shape index (κ3) is 4.83. The number of benzene rings is 1. The zero-order valence-corrected chi connectivity index (χ0v) is 13.1. The van der Waals surface area contributed by atoms with Gasteiger partial charge in [-0.2, -0.15) is 10.4 Å². The van der Waals surface area contributed by atoms with Gasteiger partial charge in [0, 0.05) is 13.3 Å². The number of aromatic nitrogens is 2. The summed E-state index contributed by atoms with van der Waals surface area (Å²) >= 11 is 0. The number of hydrogen-bond donors (Lipinski definition) is 2. The van der Waals surface area contributed by atoms with Crippen LogP contribution in [0.4, 0.5) is 10.5 Å². The van der Waals surface area contributed by atoms with Crippen LogP contribution in [0, 0.1) is 11.3 Å². The first-order chi connectivity index (χ1) is 11.1. The number of nitrogens with one attached hydrogen (secondary N) is 2. The molecule has 2 rings (SSSR count). The summed E-state index contributed by atoms with van der Waals surface area (Å²) in [4.78, 5) is 12.0. The molecule has 120 valence electrons. The van der Waals surface area contributed by atoms with Gasteiger partial charge in [-0.1, -0.05) is 12.1 Å². The number of nitriles is 1. The first-order valence-corrected chi connectivity index (χ1v) is 7.21. The minimum atomic E-state index is -0.312. The van der Waals surface area contributed by atoms with E-state index in [-0.39, 0.29) is 12.1 Å². The summed E-state index contributed by atoms with van der Waals surface area (Å²) in [6, 6.07) is 8.69. The molecule has 2 amide bonds. The van der Waals surface area contributed by atoms with Gasteiger partial charge in [0.1, 0.15) is 0 Å². The topological polar surface area (TPSA) is 92.0 Å². The number of hydrogen-bond acceptors (Lipinski definition) is 4. The summed E-state index contributed by atoms with van der Waals surface area (Å²) in [6.07, 6.45) is 3.33. The molecule has 0 aliphatic carbocycles. The molecule has 23 heavy (non-hydrogen) atoms. The van der Waals surface area contributed by atoms with Gasteiger partial charge in [-0.15, -0.1) is 0 Å². The van der Waals surface area contributed by atoms with Crippen LogP contribution in [-0.4, -0.2) is 29.5 Å². The molecule has 0 aliphatic rings. The lowest BCUT2D eigenvalue weighted by Gasteiger charge is -2.14. The van der Waals surface area contributed by atoms with E-state index in [1.54, 1.807) is 36.3 Å². The van der Waals surface area contributed by atoms with Gasteiger partial charge in [0.05, 0.1) is 42.7 Å². The zero-order valence-electron chi connectivity index (χ0n) is 13.1. The van der Waals surface area contributed by atoms with Crippen LogP contribution in [0.3, 0.4) is 0 Å². The average molecular weight is 313 g/mol. The van der Waals surface area contributed by atoms with Crippen molar-refractivity contribution in [1.82, 2.24) is 15.1 Å². The maximum atomic E-state index is 12.0. The van der Waals surface area contributed by atoms with E-state index in [9.17, 15) is 4.79 Å². The lowest BCUT2D eigenvalue weighted by Crippen LogP contribution is -2.31. The smallest absolute Gasteiger partial charge is 0.319 e. The van der Waals surface area contributed by atoms with Gasteiger partial charge in [-0.25, -0.2) is 4.79 Å². The molecular formula is C16H19N5O2. The van der Waals surface area contributed by atoms with Crippen molar-refractivity contribution in [2.75, 3.05) is 19.0 Å². The summed E-state index contributed by atoms with van der Waals surface area (Å²) in [5.74, 6) is 0. The fraction of sp³-hybridized carbons (Fsp3) is 0.312. The van der Waals surface area contributed by atoms with Gasteiger partial charge < -0.3 is 15.4 Å². The Labute approximate surface area is 134 Å². The van der Waals surface area contributed by atoms with Gasteiger partial charge in [-0.3, -0.25) is 4.68 Å². The van der Waals surface area contributed by atoms with Gasteiger partial charge >= 0.3 is 6.03 Å². The molecule has 1 heterocycles. The van der Waals surface area contributed by atoms with Crippen molar-refractivity contribution >= 4 is 11.7 Å². The van der Waals surface area contributed by atoms with Crippen molar-refractivity contribution in [3.63, 3.8) is 0 Å². The summed E-state index contributed by atoms with van der Waals surface area (Å²) in [7, 11) is 1.63. The zero-order chi connectivity index (χ0) is 16.7. The van der Waals surface area contributed by atoms with E-state index >= 15 is 0 Å². The Hall–Kier alpha value is -2.85. The fourth-order valence-corrected chi connectivity index (χ4v) is 2.03. The fourth-order valence-electron chi connectivity index (χ4n) is 2.03. The van der Waals surface area contributed by atoms with Gasteiger partial charge in [0.25, 0.3) is 0 Å². The molecule has 2 N–H and O–H groups in total. The SMILES string of the molecule is COCCn1cc(NC(=O)NC(C)c2ccc(C#N)cc2)cn1. The molecule has 0 saturated carbocycles. The molecule has 7 nitrogen and oxygen atoms in total.